The molecule has 0 saturated heterocycles. The largest absolute Gasteiger partial charge is 0.399 e. The molecule has 6 heteroatoms. The van der Waals surface area contributed by atoms with Gasteiger partial charge >= 0.3 is 0 Å². The third kappa shape index (κ3) is 2.35. The van der Waals surface area contributed by atoms with Crippen molar-refractivity contribution in [2.24, 2.45) is 0 Å². The van der Waals surface area contributed by atoms with Gasteiger partial charge in [-0.3, -0.25) is 0 Å². The zero-order chi connectivity index (χ0) is 14.1. The smallest absolute Gasteiger partial charge is 0.141 e. The molecule has 0 aliphatic rings. The first-order chi connectivity index (χ1) is 9.65. The predicted molar refractivity (Wildman–Crippen MR) is 83.7 cm³/mol. The van der Waals surface area contributed by atoms with Crippen LogP contribution >= 0.6 is 23.2 Å². The standard InChI is InChI=1S/C14H10Cl2N4/c15-10-2-1-3-11(16)13(10)20-14-9-6-8(17)4-5-12(9)18-7-19-14/h1-7H,17H2,(H,18,19,20). The number of nitrogen functional groups attached to an aromatic ring is 1. The zero-order valence-corrected chi connectivity index (χ0v) is 11.8. The fourth-order valence-electron chi connectivity index (χ4n) is 1.91. The van der Waals surface area contributed by atoms with Gasteiger partial charge in [-0.2, -0.15) is 0 Å². The average Bonchev–Trinajstić information content (AvgIpc) is 2.43. The van der Waals surface area contributed by atoms with E-state index >= 15 is 0 Å². The third-order valence-corrected chi connectivity index (χ3v) is 3.50. The molecule has 20 heavy (non-hydrogen) atoms. The highest BCUT2D eigenvalue weighted by atomic mass is 35.5. The van der Waals surface area contributed by atoms with Crippen LogP contribution < -0.4 is 11.1 Å². The number of halogens is 2. The molecule has 1 aromatic heterocycles. The minimum absolute atomic E-state index is 0.521. The summed E-state index contributed by atoms with van der Waals surface area (Å²) >= 11 is 12.3. The number of nitrogens with zero attached hydrogens (tertiary/aromatic N) is 2. The van der Waals surface area contributed by atoms with Crippen LogP contribution in [0.1, 0.15) is 0 Å². The van der Waals surface area contributed by atoms with Gasteiger partial charge in [-0.05, 0) is 30.3 Å². The van der Waals surface area contributed by atoms with Gasteiger partial charge < -0.3 is 11.1 Å². The molecule has 3 rings (SSSR count). The maximum Gasteiger partial charge on any atom is 0.141 e. The first kappa shape index (κ1) is 13.0. The van der Waals surface area contributed by atoms with Crippen LogP contribution in [0.25, 0.3) is 10.9 Å². The van der Waals surface area contributed by atoms with Crippen LogP contribution in [0.15, 0.2) is 42.7 Å². The molecule has 2 aromatic carbocycles. The number of hydrogen-bond acceptors (Lipinski definition) is 4. The lowest BCUT2D eigenvalue weighted by atomic mass is 10.2. The number of para-hydroxylation sites is 1. The van der Waals surface area contributed by atoms with Crippen molar-refractivity contribution in [3.05, 3.63) is 52.8 Å². The molecule has 0 amide bonds. The summed E-state index contributed by atoms with van der Waals surface area (Å²) in [4.78, 5) is 8.43. The second kappa shape index (κ2) is 5.15. The van der Waals surface area contributed by atoms with Crippen LogP contribution in [0, 0.1) is 0 Å². The summed E-state index contributed by atoms with van der Waals surface area (Å²) in [6, 6.07) is 10.7. The number of nitrogens with two attached hydrogens (primary N) is 1. The van der Waals surface area contributed by atoms with E-state index in [-0.39, 0.29) is 0 Å². The number of anilines is 3. The predicted octanol–water partition coefficient (Wildman–Crippen LogP) is 4.26. The molecule has 0 fully saturated rings. The average molecular weight is 305 g/mol. The summed E-state index contributed by atoms with van der Waals surface area (Å²) in [5, 5.41) is 4.99. The Morgan fingerprint density at radius 2 is 1.75 bits per heavy atom. The Morgan fingerprint density at radius 1 is 1.00 bits per heavy atom. The number of rotatable bonds is 2. The molecule has 0 atom stereocenters. The minimum Gasteiger partial charge on any atom is -0.399 e. The molecule has 0 spiro atoms. The van der Waals surface area contributed by atoms with Crippen molar-refractivity contribution in [3.63, 3.8) is 0 Å². The molecular formula is C14H10Cl2N4. The van der Waals surface area contributed by atoms with Crippen molar-refractivity contribution in [2.75, 3.05) is 11.1 Å². The molecule has 0 saturated carbocycles. The first-order valence-corrected chi connectivity index (χ1v) is 6.62. The van der Waals surface area contributed by atoms with Crippen molar-refractivity contribution in [1.29, 1.82) is 0 Å². The van der Waals surface area contributed by atoms with Crippen LogP contribution in [0.2, 0.25) is 10.0 Å². The number of aromatic nitrogens is 2. The van der Waals surface area contributed by atoms with Crippen LogP contribution in [0.4, 0.5) is 17.2 Å². The molecule has 3 aromatic rings. The van der Waals surface area contributed by atoms with Gasteiger partial charge in [0.25, 0.3) is 0 Å². The fourth-order valence-corrected chi connectivity index (χ4v) is 2.40. The van der Waals surface area contributed by atoms with Crippen molar-refractivity contribution in [1.82, 2.24) is 9.97 Å². The quantitative estimate of drug-likeness (QED) is 0.694. The summed E-state index contributed by atoms with van der Waals surface area (Å²) in [7, 11) is 0. The first-order valence-electron chi connectivity index (χ1n) is 5.86. The lowest BCUT2D eigenvalue weighted by Crippen LogP contribution is -1.98. The summed E-state index contributed by atoms with van der Waals surface area (Å²) in [6.07, 6.45) is 1.48. The Bertz CT molecular complexity index is 769. The number of benzene rings is 2. The topological polar surface area (TPSA) is 63.8 Å². The van der Waals surface area contributed by atoms with E-state index in [0.29, 0.717) is 27.2 Å². The van der Waals surface area contributed by atoms with Crippen molar-refractivity contribution < 1.29 is 0 Å². The van der Waals surface area contributed by atoms with Crippen LogP contribution in [-0.4, -0.2) is 9.97 Å². The summed E-state index contributed by atoms with van der Waals surface area (Å²) in [5.41, 5.74) is 7.85. The monoisotopic (exact) mass is 304 g/mol. The molecule has 1 heterocycles. The molecule has 0 aliphatic carbocycles. The number of hydrogen-bond donors (Lipinski definition) is 2. The van der Waals surface area contributed by atoms with E-state index in [1.165, 1.54) is 6.33 Å². The fraction of sp³-hybridized carbons (Fsp3) is 0. The number of nitrogens with one attached hydrogen (secondary N) is 1. The maximum absolute atomic E-state index is 6.15. The van der Waals surface area contributed by atoms with Gasteiger partial charge in [-0.25, -0.2) is 9.97 Å². The summed E-state index contributed by atoms with van der Waals surface area (Å²) in [6.45, 7) is 0. The highest BCUT2D eigenvalue weighted by Gasteiger charge is 2.09. The van der Waals surface area contributed by atoms with Gasteiger partial charge in [0.1, 0.15) is 12.1 Å². The SMILES string of the molecule is Nc1ccc2ncnc(Nc3c(Cl)cccc3Cl)c2c1. The van der Waals surface area contributed by atoms with Crippen molar-refractivity contribution in [2.45, 2.75) is 0 Å². The molecule has 0 bridgehead atoms. The lowest BCUT2D eigenvalue weighted by molar-refractivity contribution is 1.22. The number of fused-ring (bicyclic) bond motifs is 1. The lowest BCUT2D eigenvalue weighted by Gasteiger charge is -2.11. The van der Waals surface area contributed by atoms with Crippen molar-refractivity contribution >= 4 is 51.3 Å². The molecule has 0 unspecified atom stereocenters. The van der Waals surface area contributed by atoms with Gasteiger partial charge in [0.15, 0.2) is 0 Å². The van der Waals surface area contributed by atoms with E-state index in [0.717, 1.165) is 10.9 Å². The van der Waals surface area contributed by atoms with Gasteiger partial charge in [0.2, 0.25) is 0 Å². The summed E-state index contributed by atoms with van der Waals surface area (Å²) in [5.74, 6) is 0.609. The normalized spacial score (nSPS) is 10.7. The van der Waals surface area contributed by atoms with Crippen LogP contribution in [0.5, 0.6) is 0 Å². The van der Waals surface area contributed by atoms with Crippen LogP contribution in [-0.2, 0) is 0 Å². The van der Waals surface area contributed by atoms with Gasteiger partial charge in [-0.1, -0.05) is 29.3 Å². The second-order valence-electron chi connectivity index (χ2n) is 4.22. The molecule has 4 nitrogen and oxygen atoms in total. The minimum atomic E-state index is 0.521. The van der Waals surface area contributed by atoms with E-state index in [2.05, 4.69) is 15.3 Å². The Labute approximate surface area is 125 Å². The molecular weight excluding hydrogens is 295 g/mol. The highest BCUT2D eigenvalue weighted by molar-refractivity contribution is 6.39. The third-order valence-electron chi connectivity index (χ3n) is 2.87. The molecule has 0 aliphatic heterocycles. The highest BCUT2D eigenvalue weighted by Crippen LogP contribution is 2.33. The van der Waals surface area contributed by atoms with E-state index < -0.39 is 0 Å². The van der Waals surface area contributed by atoms with Gasteiger partial charge in [0, 0.05) is 11.1 Å². The van der Waals surface area contributed by atoms with Gasteiger partial charge in [0.05, 0.1) is 21.2 Å². The maximum atomic E-state index is 6.15. The van der Waals surface area contributed by atoms with Crippen molar-refractivity contribution in [3.8, 4) is 0 Å². The van der Waals surface area contributed by atoms with E-state index in [1.807, 2.05) is 12.1 Å². The van der Waals surface area contributed by atoms with E-state index in [1.54, 1.807) is 24.3 Å². The Kier molecular flexibility index (Phi) is 3.34. The Balaban J connectivity index is 2.13. The van der Waals surface area contributed by atoms with Crippen LogP contribution in [0.3, 0.4) is 0 Å². The molecule has 0 radical (unpaired) electrons. The summed E-state index contributed by atoms with van der Waals surface area (Å²) < 4.78 is 0. The van der Waals surface area contributed by atoms with E-state index in [9.17, 15) is 0 Å². The Hall–Kier alpha value is -2.04. The second-order valence-corrected chi connectivity index (χ2v) is 5.03. The van der Waals surface area contributed by atoms with Gasteiger partial charge in [-0.15, -0.1) is 0 Å². The Morgan fingerprint density at radius 3 is 2.50 bits per heavy atom. The van der Waals surface area contributed by atoms with E-state index in [4.69, 9.17) is 28.9 Å². The molecule has 3 N–H and O–H groups in total. The molecule has 100 valence electrons. The zero-order valence-electron chi connectivity index (χ0n) is 10.3.